The molecule has 0 atom stereocenters. The van der Waals surface area contributed by atoms with Crippen molar-refractivity contribution in [2.24, 2.45) is 0 Å². The molecule has 0 aromatic heterocycles. The van der Waals surface area contributed by atoms with Gasteiger partial charge in [0.05, 0.1) is 10.6 Å². The van der Waals surface area contributed by atoms with Crippen LogP contribution in [0.5, 0.6) is 0 Å². The summed E-state index contributed by atoms with van der Waals surface area (Å²) in [5.74, 6) is 0. The molecule has 1 N–H and O–H groups in total. The lowest BCUT2D eigenvalue weighted by Crippen LogP contribution is -2.20. The van der Waals surface area contributed by atoms with Crippen molar-refractivity contribution < 1.29 is 9.46 Å². The third-order valence-electron chi connectivity index (χ3n) is 2.86. The van der Waals surface area contributed by atoms with Gasteiger partial charge in [-0.3, -0.25) is 4.57 Å². The Hall–Kier alpha value is 0.0900. The fraction of sp³-hybridized carbons (Fsp3) is 0.143. The summed E-state index contributed by atoms with van der Waals surface area (Å²) in [6, 6.07) is 11.1. The Bertz CT molecular complexity index is 628. The van der Waals surface area contributed by atoms with Gasteiger partial charge in [0.2, 0.25) is 0 Å². The normalized spacial score (nSPS) is 11.6. The summed E-state index contributed by atoms with van der Waals surface area (Å²) in [6.45, 7) is 3.95. The molecule has 2 rings (SSSR count). The van der Waals surface area contributed by atoms with Gasteiger partial charge in [-0.05, 0) is 83.3 Å². The molecule has 0 aliphatic heterocycles. The highest BCUT2D eigenvalue weighted by atomic mass is 127. The van der Waals surface area contributed by atoms with Crippen molar-refractivity contribution in [3.05, 3.63) is 54.7 Å². The summed E-state index contributed by atoms with van der Waals surface area (Å²) in [5.41, 5.74) is 2.18. The topological polar surface area (TPSA) is 37.3 Å². The predicted octanol–water partition coefficient (Wildman–Crippen LogP) is 3.73. The van der Waals surface area contributed by atoms with Crippen molar-refractivity contribution in [1.29, 1.82) is 0 Å². The molecule has 0 saturated carbocycles. The van der Waals surface area contributed by atoms with Crippen LogP contribution in [0.4, 0.5) is 0 Å². The van der Waals surface area contributed by atoms with Gasteiger partial charge in [-0.2, -0.15) is 0 Å². The van der Waals surface area contributed by atoms with Crippen LogP contribution in [-0.4, -0.2) is 4.89 Å². The summed E-state index contributed by atoms with van der Waals surface area (Å²) in [7, 11) is -3.53. The average molecular weight is 498 g/mol. The van der Waals surface area contributed by atoms with Crippen molar-refractivity contribution in [2.45, 2.75) is 13.8 Å². The Labute approximate surface area is 140 Å². The highest BCUT2D eigenvalue weighted by Crippen LogP contribution is 2.41. The van der Waals surface area contributed by atoms with Gasteiger partial charge in [0, 0.05) is 7.14 Å². The van der Waals surface area contributed by atoms with E-state index in [1.807, 2.05) is 38.1 Å². The van der Waals surface area contributed by atoms with Crippen LogP contribution < -0.4 is 10.6 Å². The molecule has 0 radical (unpaired) electrons. The Morgan fingerprint density at radius 2 is 1.26 bits per heavy atom. The lowest BCUT2D eigenvalue weighted by Gasteiger charge is -2.16. The Kier molecular flexibility index (Phi) is 4.75. The maximum absolute atomic E-state index is 12.8. The summed E-state index contributed by atoms with van der Waals surface area (Å²) >= 11 is 4.24. The van der Waals surface area contributed by atoms with E-state index in [4.69, 9.17) is 0 Å². The molecule has 0 spiro atoms. The van der Waals surface area contributed by atoms with E-state index in [1.54, 1.807) is 12.1 Å². The van der Waals surface area contributed by atoms with Crippen LogP contribution in [-0.2, 0) is 4.57 Å². The van der Waals surface area contributed by atoms with Crippen molar-refractivity contribution in [3.63, 3.8) is 0 Å². The van der Waals surface area contributed by atoms with Gasteiger partial charge in [-0.1, -0.05) is 23.3 Å². The van der Waals surface area contributed by atoms with E-state index in [0.717, 1.165) is 18.3 Å². The van der Waals surface area contributed by atoms with Gasteiger partial charge >= 0.3 is 0 Å². The second-order valence-electron chi connectivity index (χ2n) is 4.49. The predicted molar refractivity (Wildman–Crippen MR) is 96.9 cm³/mol. The first-order valence-corrected chi connectivity index (χ1v) is 9.50. The van der Waals surface area contributed by atoms with Gasteiger partial charge in [0.25, 0.3) is 7.37 Å². The Balaban J connectivity index is 2.61. The van der Waals surface area contributed by atoms with E-state index < -0.39 is 7.37 Å². The lowest BCUT2D eigenvalue weighted by atomic mass is 10.2. The highest BCUT2D eigenvalue weighted by Gasteiger charge is 2.28. The molecule has 2 nitrogen and oxygen atoms in total. The van der Waals surface area contributed by atoms with E-state index in [1.165, 1.54) is 0 Å². The molecule has 19 heavy (non-hydrogen) atoms. The minimum Gasteiger partial charge on any atom is -0.338 e. The van der Waals surface area contributed by atoms with E-state index in [2.05, 4.69) is 45.2 Å². The minimum absolute atomic E-state index is 0.514. The van der Waals surface area contributed by atoms with E-state index >= 15 is 0 Å². The smallest absolute Gasteiger partial charge is 0.260 e. The summed E-state index contributed by atoms with van der Waals surface area (Å²) in [6.07, 6.45) is 0. The molecule has 0 saturated heterocycles. The van der Waals surface area contributed by atoms with Crippen molar-refractivity contribution >= 4 is 63.2 Å². The molecule has 2 aromatic carbocycles. The molecule has 0 amide bonds. The Morgan fingerprint density at radius 3 is 1.58 bits per heavy atom. The second-order valence-corrected chi connectivity index (χ2v) is 8.93. The molecule has 0 heterocycles. The van der Waals surface area contributed by atoms with Crippen molar-refractivity contribution in [3.8, 4) is 0 Å². The van der Waals surface area contributed by atoms with Gasteiger partial charge in [0.1, 0.15) is 0 Å². The highest BCUT2D eigenvalue weighted by molar-refractivity contribution is 14.1. The molecule has 0 aliphatic carbocycles. The van der Waals surface area contributed by atoms with E-state index in [0.29, 0.717) is 10.6 Å². The number of rotatable bonds is 2. The maximum atomic E-state index is 12.8. The minimum atomic E-state index is -3.53. The zero-order valence-electron chi connectivity index (χ0n) is 10.5. The number of aryl methyl sites for hydroxylation is 2. The van der Waals surface area contributed by atoms with Gasteiger partial charge in [-0.15, -0.1) is 0 Å². The van der Waals surface area contributed by atoms with Crippen LogP contribution in [0.3, 0.4) is 0 Å². The molecular formula is C14H13I2O2P. The number of hydrogen-bond donors (Lipinski definition) is 1. The average Bonchev–Trinajstić information content (AvgIpc) is 2.27. The fourth-order valence-electron chi connectivity index (χ4n) is 1.85. The summed E-state index contributed by atoms with van der Waals surface area (Å²) in [4.78, 5) is 10.5. The van der Waals surface area contributed by atoms with E-state index in [9.17, 15) is 9.46 Å². The molecule has 0 unspecified atom stereocenters. The molecule has 100 valence electrons. The van der Waals surface area contributed by atoms with Crippen LogP contribution in [0.2, 0.25) is 0 Å². The Morgan fingerprint density at radius 1 is 0.895 bits per heavy atom. The number of benzene rings is 2. The van der Waals surface area contributed by atoms with E-state index in [-0.39, 0.29) is 0 Å². The quantitative estimate of drug-likeness (QED) is 0.507. The monoisotopic (exact) mass is 498 g/mol. The fourth-order valence-corrected chi connectivity index (χ4v) is 6.67. The molecule has 0 fully saturated rings. The first-order chi connectivity index (χ1) is 8.82. The summed E-state index contributed by atoms with van der Waals surface area (Å²) in [5, 5.41) is 1.03. The lowest BCUT2D eigenvalue weighted by molar-refractivity contribution is 0.500. The maximum Gasteiger partial charge on any atom is 0.260 e. The second kappa shape index (κ2) is 5.84. The zero-order valence-corrected chi connectivity index (χ0v) is 15.7. The molecule has 2 aromatic rings. The number of halogens is 2. The first kappa shape index (κ1) is 15.5. The van der Waals surface area contributed by atoms with Crippen molar-refractivity contribution in [1.82, 2.24) is 0 Å². The van der Waals surface area contributed by atoms with Crippen molar-refractivity contribution in [2.75, 3.05) is 0 Å². The van der Waals surface area contributed by atoms with Crippen LogP contribution in [0.1, 0.15) is 11.1 Å². The van der Waals surface area contributed by atoms with Gasteiger partial charge in [-0.25, -0.2) is 0 Å². The van der Waals surface area contributed by atoms with Gasteiger partial charge in [0.15, 0.2) is 0 Å². The van der Waals surface area contributed by atoms with Gasteiger partial charge < -0.3 is 4.89 Å². The molecule has 5 heteroatoms. The third kappa shape index (κ3) is 3.23. The third-order valence-corrected chi connectivity index (χ3v) is 7.58. The zero-order chi connectivity index (χ0) is 14.2. The van der Waals surface area contributed by atoms with Crippen LogP contribution in [0.25, 0.3) is 0 Å². The molecular weight excluding hydrogens is 485 g/mol. The standard InChI is InChI=1S/C14H13I2O2P/c1-9-3-5-13(11(15)7-9)19(17,18)14-6-4-10(2)8-12(14)16/h3-8H,1-2H3,(H,17,18). The molecule has 0 bridgehead atoms. The van der Waals surface area contributed by atoms with Crippen LogP contribution in [0.15, 0.2) is 36.4 Å². The van der Waals surface area contributed by atoms with Crippen LogP contribution in [0, 0.1) is 21.0 Å². The molecule has 0 aliphatic rings. The summed E-state index contributed by atoms with van der Waals surface area (Å²) < 4.78 is 14.5. The van der Waals surface area contributed by atoms with Crippen LogP contribution >= 0.6 is 52.6 Å². The SMILES string of the molecule is Cc1ccc(P(=O)(O)c2ccc(C)cc2I)c(I)c1. The first-order valence-electron chi connectivity index (χ1n) is 5.68. The number of hydrogen-bond acceptors (Lipinski definition) is 1. The largest absolute Gasteiger partial charge is 0.338 e.